The molecular weight excluding hydrogens is 425 g/mol. The van der Waals surface area contributed by atoms with Gasteiger partial charge in [-0.25, -0.2) is 0 Å². The van der Waals surface area contributed by atoms with Crippen molar-refractivity contribution in [2.24, 2.45) is 5.92 Å². The summed E-state index contributed by atoms with van der Waals surface area (Å²) in [4.78, 5) is 15.0. The summed E-state index contributed by atoms with van der Waals surface area (Å²) >= 11 is 6.03. The first-order chi connectivity index (χ1) is 14.8. The first kappa shape index (κ1) is 21.7. The number of rotatable bonds is 4. The third kappa shape index (κ3) is 5.02. The third-order valence-corrected chi connectivity index (χ3v) is 6.03. The Hall–Kier alpha value is -2.57. The lowest BCUT2D eigenvalue weighted by Gasteiger charge is -2.32. The number of benzene rings is 3. The van der Waals surface area contributed by atoms with Crippen LogP contribution in [0.25, 0.3) is 10.8 Å². The van der Waals surface area contributed by atoms with E-state index in [-0.39, 0.29) is 22.5 Å². The normalized spacial score (nSPS) is 17.6. The van der Waals surface area contributed by atoms with E-state index in [1.54, 1.807) is 0 Å². The van der Waals surface area contributed by atoms with Gasteiger partial charge in [0.2, 0.25) is 5.91 Å². The van der Waals surface area contributed by atoms with Gasteiger partial charge in [0.1, 0.15) is 0 Å². The van der Waals surface area contributed by atoms with Gasteiger partial charge in [-0.05, 0) is 53.9 Å². The molecule has 0 bridgehead atoms. The number of likely N-dealkylation sites (tertiary alicyclic amines) is 1. The van der Waals surface area contributed by atoms with Crippen LogP contribution < -0.4 is 5.32 Å². The Kier molecular flexibility index (Phi) is 6.21. The first-order valence-corrected chi connectivity index (χ1v) is 10.6. The molecule has 3 aromatic rings. The molecule has 1 fully saturated rings. The van der Waals surface area contributed by atoms with Gasteiger partial charge in [0, 0.05) is 13.1 Å². The van der Waals surface area contributed by atoms with E-state index in [4.69, 9.17) is 11.6 Å². The second-order valence-electron chi connectivity index (χ2n) is 7.89. The molecule has 31 heavy (non-hydrogen) atoms. The molecule has 1 atom stereocenters. The summed E-state index contributed by atoms with van der Waals surface area (Å²) in [6, 6.07) is 17.3. The number of hydrogen-bond acceptors (Lipinski definition) is 2. The van der Waals surface area contributed by atoms with Crippen LogP contribution in [0.3, 0.4) is 0 Å². The minimum absolute atomic E-state index is 0.00679. The average Bonchev–Trinajstić information content (AvgIpc) is 2.75. The lowest BCUT2D eigenvalue weighted by molar-refractivity contribution is -0.137. The summed E-state index contributed by atoms with van der Waals surface area (Å²) in [5, 5.41) is 5.06. The third-order valence-electron chi connectivity index (χ3n) is 5.70. The molecule has 4 rings (SSSR count). The topological polar surface area (TPSA) is 32.3 Å². The molecule has 0 spiro atoms. The lowest BCUT2D eigenvalue weighted by Crippen LogP contribution is -2.40. The summed E-state index contributed by atoms with van der Waals surface area (Å²) in [6.45, 7) is 2.14. The van der Waals surface area contributed by atoms with Crippen molar-refractivity contribution in [2.45, 2.75) is 25.6 Å². The van der Waals surface area contributed by atoms with E-state index in [1.165, 1.54) is 16.3 Å². The van der Waals surface area contributed by atoms with E-state index < -0.39 is 11.7 Å². The maximum atomic E-state index is 13.0. The molecule has 0 saturated carbocycles. The molecule has 1 aliphatic rings. The quantitative estimate of drug-likeness (QED) is 0.505. The maximum Gasteiger partial charge on any atom is 0.416 e. The molecule has 0 aliphatic carbocycles. The minimum atomic E-state index is -4.50. The molecule has 162 valence electrons. The first-order valence-electron chi connectivity index (χ1n) is 10.2. The van der Waals surface area contributed by atoms with Crippen LogP contribution in [0.5, 0.6) is 0 Å². The minimum Gasteiger partial charge on any atom is -0.324 e. The van der Waals surface area contributed by atoms with E-state index in [1.807, 2.05) is 18.2 Å². The van der Waals surface area contributed by atoms with E-state index in [0.717, 1.165) is 37.7 Å². The van der Waals surface area contributed by atoms with Crippen LogP contribution in [0.4, 0.5) is 18.9 Å². The van der Waals surface area contributed by atoms with Crippen LogP contribution in [0.1, 0.15) is 24.0 Å². The Bertz CT molecular complexity index is 1090. The van der Waals surface area contributed by atoms with Crippen molar-refractivity contribution in [3.05, 3.63) is 76.8 Å². The highest BCUT2D eigenvalue weighted by Gasteiger charge is 2.32. The number of carbonyl (C=O) groups excluding carboxylic acids is 1. The lowest BCUT2D eigenvalue weighted by atomic mass is 9.95. The molecule has 0 radical (unpaired) electrons. The van der Waals surface area contributed by atoms with Gasteiger partial charge in [-0.3, -0.25) is 9.69 Å². The molecule has 1 unspecified atom stereocenters. The number of fused-ring (bicyclic) bond motifs is 1. The van der Waals surface area contributed by atoms with Gasteiger partial charge in [-0.15, -0.1) is 0 Å². The van der Waals surface area contributed by atoms with Crippen LogP contribution in [0, 0.1) is 5.92 Å². The summed E-state index contributed by atoms with van der Waals surface area (Å²) in [6.07, 6.45) is -2.96. The fourth-order valence-electron chi connectivity index (χ4n) is 4.12. The number of hydrogen-bond donors (Lipinski definition) is 1. The molecule has 7 heteroatoms. The van der Waals surface area contributed by atoms with E-state index in [2.05, 4.69) is 34.5 Å². The standard InChI is InChI=1S/C24H22ClF3N2O/c25-21-11-10-19(24(26,27)28)13-22(21)29-23(31)18-8-4-12-30(15-18)14-17-7-3-6-16-5-1-2-9-20(16)17/h1-3,5-7,9-11,13,18H,4,8,12,14-15H2,(H,29,31). The predicted molar refractivity (Wildman–Crippen MR) is 117 cm³/mol. The van der Waals surface area contributed by atoms with Crippen LogP contribution in [-0.4, -0.2) is 23.9 Å². The highest BCUT2D eigenvalue weighted by Crippen LogP contribution is 2.34. The molecule has 1 heterocycles. The predicted octanol–water partition coefficient (Wildman–Crippen LogP) is 6.36. The smallest absolute Gasteiger partial charge is 0.324 e. The van der Waals surface area contributed by atoms with Crippen molar-refractivity contribution in [1.82, 2.24) is 4.90 Å². The highest BCUT2D eigenvalue weighted by molar-refractivity contribution is 6.33. The fraction of sp³-hybridized carbons (Fsp3) is 0.292. The average molecular weight is 447 g/mol. The zero-order chi connectivity index (χ0) is 22.0. The fourth-order valence-corrected chi connectivity index (χ4v) is 4.28. The number of nitrogens with zero attached hydrogens (tertiary/aromatic N) is 1. The maximum absolute atomic E-state index is 13.0. The number of anilines is 1. The number of halogens is 4. The second-order valence-corrected chi connectivity index (χ2v) is 8.30. The Morgan fingerprint density at radius 1 is 1.10 bits per heavy atom. The summed E-state index contributed by atoms with van der Waals surface area (Å²) in [5.41, 5.74) is 0.348. The summed E-state index contributed by atoms with van der Waals surface area (Å²) < 4.78 is 39.0. The number of carbonyl (C=O) groups is 1. The highest BCUT2D eigenvalue weighted by atomic mass is 35.5. The Morgan fingerprint density at radius 3 is 2.68 bits per heavy atom. The Balaban J connectivity index is 1.46. The molecular formula is C24H22ClF3N2O. The van der Waals surface area contributed by atoms with Gasteiger partial charge in [-0.1, -0.05) is 54.1 Å². The number of piperidine rings is 1. The largest absolute Gasteiger partial charge is 0.416 e. The second kappa shape index (κ2) is 8.89. The van der Waals surface area contributed by atoms with E-state index in [9.17, 15) is 18.0 Å². The van der Waals surface area contributed by atoms with Crippen molar-refractivity contribution >= 4 is 34.0 Å². The van der Waals surface area contributed by atoms with E-state index >= 15 is 0 Å². The van der Waals surface area contributed by atoms with Crippen molar-refractivity contribution in [3.8, 4) is 0 Å². The van der Waals surface area contributed by atoms with Crippen LogP contribution in [0.15, 0.2) is 60.7 Å². The van der Waals surface area contributed by atoms with Crippen LogP contribution in [0.2, 0.25) is 5.02 Å². The van der Waals surface area contributed by atoms with Gasteiger partial charge < -0.3 is 5.32 Å². The van der Waals surface area contributed by atoms with E-state index in [0.29, 0.717) is 13.0 Å². The van der Waals surface area contributed by atoms with Crippen molar-refractivity contribution < 1.29 is 18.0 Å². The van der Waals surface area contributed by atoms with Gasteiger partial charge in [-0.2, -0.15) is 13.2 Å². The van der Waals surface area contributed by atoms with Gasteiger partial charge >= 0.3 is 6.18 Å². The Labute approximate surface area is 183 Å². The zero-order valence-corrected chi connectivity index (χ0v) is 17.5. The molecule has 1 amide bonds. The van der Waals surface area contributed by atoms with Crippen molar-refractivity contribution in [3.63, 3.8) is 0 Å². The summed E-state index contributed by atoms with van der Waals surface area (Å²) in [7, 11) is 0. The zero-order valence-electron chi connectivity index (χ0n) is 16.8. The number of nitrogens with one attached hydrogen (secondary N) is 1. The van der Waals surface area contributed by atoms with Crippen molar-refractivity contribution in [2.75, 3.05) is 18.4 Å². The van der Waals surface area contributed by atoms with Gasteiger partial charge in [0.15, 0.2) is 0 Å². The SMILES string of the molecule is O=C(Nc1cc(C(F)(F)F)ccc1Cl)C1CCCN(Cc2cccc3ccccc23)C1. The van der Waals surface area contributed by atoms with Gasteiger partial charge in [0.25, 0.3) is 0 Å². The Morgan fingerprint density at radius 2 is 1.87 bits per heavy atom. The molecule has 3 nitrogen and oxygen atoms in total. The summed E-state index contributed by atoms with van der Waals surface area (Å²) in [5.74, 6) is -0.613. The van der Waals surface area contributed by atoms with Crippen LogP contribution >= 0.6 is 11.6 Å². The molecule has 3 aromatic carbocycles. The van der Waals surface area contributed by atoms with Crippen LogP contribution in [-0.2, 0) is 17.5 Å². The molecule has 1 saturated heterocycles. The monoisotopic (exact) mass is 446 g/mol. The number of amides is 1. The van der Waals surface area contributed by atoms with Crippen molar-refractivity contribution in [1.29, 1.82) is 0 Å². The molecule has 0 aromatic heterocycles. The number of alkyl halides is 3. The van der Waals surface area contributed by atoms with Gasteiger partial charge in [0.05, 0.1) is 22.2 Å². The molecule has 1 aliphatic heterocycles. The molecule has 1 N–H and O–H groups in total.